The van der Waals surface area contributed by atoms with Crippen LogP contribution >= 0.6 is 31.9 Å². The minimum absolute atomic E-state index is 0.197. The van der Waals surface area contributed by atoms with Crippen LogP contribution in [0.2, 0.25) is 0 Å². The van der Waals surface area contributed by atoms with E-state index < -0.39 is 0 Å². The molecule has 0 spiro atoms. The molecular weight excluding hydrogens is 375 g/mol. The number of benzene rings is 1. The third-order valence-corrected chi connectivity index (χ3v) is 5.72. The van der Waals surface area contributed by atoms with Crippen LogP contribution in [0.4, 0.5) is 4.39 Å². The second-order valence-corrected chi connectivity index (χ2v) is 6.83. The highest BCUT2D eigenvalue weighted by Gasteiger charge is 2.31. The molecule has 0 aliphatic heterocycles. The normalized spacial score (nSPS) is 18.9. The molecule has 0 aromatic heterocycles. The lowest BCUT2D eigenvalue weighted by Crippen LogP contribution is -2.30. The van der Waals surface area contributed by atoms with Crippen molar-refractivity contribution in [2.24, 2.45) is 5.41 Å². The third kappa shape index (κ3) is 4.19. The van der Waals surface area contributed by atoms with Crippen molar-refractivity contribution in [2.45, 2.75) is 38.5 Å². The molecule has 1 aliphatic rings. The summed E-state index contributed by atoms with van der Waals surface area (Å²) in [5, 5.41) is 0.951. The van der Waals surface area contributed by atoms with Crippen molar-refractivity contribution in [3.8, 4) is 5.75 Å². The molecule has 0 radical (unpaired) electrons. The third-order valence-electron chi connectivity index (χ3n) is 3.87. The highest BCUT2D eigenvalue weighted by Crippen LogP contribution is 2.38. The predicted octanol–water partition coefficient (Wildman–Crippen LogP) is 5.70. The first-order chi connectivity index (χ1) is 9.15. The molecule has 1 aromatic rings. The number of ether oxygens (including phenoxy) is 1. The lowest BCUT2D eigenvalue weighted by atomic mass is 9.83. The van der Waals surface area contributed by atoms with Gasteiger partial charge in [-0.15, -0.1) is 0 Å². The molecule has 1 nitrogen and oxygen atoms in total. The van der Waals surface area contributed by atoms with E-state index in [-0.39, 0.29) is 11.2 Å². The fourth-order valence-corrected chi connectivity index (χ4v) is 3.70. The lowest BCUT2D eigenvalue weighted by molar-refractivity contribution is 0.148. The molecule has 1 aliphatic carbocycles. The number of rotatable bonds is 4. The summed E-state index contributed by atoms with van der Waals surface area (Å²) in [5.41, 5.74) is 0.197. The van der Waals surface area contributed by atoms with Crippen molar-refractivity contribution in [3.05, 3.63) is 28.5 Å². The summed E-state index contributed by atoms with van der Waals surface area (Å²) >= 11 is 7.05. The van der Waals surface area contributed by atoms with E-state index in [1.807, 2.05) is 0 Å². The van der Waals surface area contributed by atoms with Gasteiger partial charge >= 0.3 is 0 Å². The van der Waals surface area contributed by atoms with Crippen LogP contribution in [0.5, 0.6) is 5.75 Å². The SMILES string of the molecule is Fc1ccc(Br)c(OCC2(CBr)CCCCCC2)c1. The van der Waals surface area contributed by atoms with Crippen molar-refractivity contribution in [1.82, 2.24) is 0 Å². The topological polar surface area (TPSA) is 9.23 Å². The highest BCUT2D eigenvalue weighted by atomic mass is 79.9. The van der Waals surface area contributed by atoms with Gasteiger partial charge in [0, 0.05) is 16.8 Å². The quantitative estimate of drug-likeness (QED) is 0.470. The molecule has 4 heteroatoms. The van der Waals surface area contributed by atoms with E-state index in [0.29, 0.717) is 12.4 Å². The van der Waals surface area contributed by atoms with E-state index in [2.05, 4.69) is 31.9 Å². The van der Waals surface area contributed by atoms with Crippen LogP contribution in [0.15, 0.2) is 22.7 Å². The fraction of sp³-hybridized carbons (Fsp3) is 0.600. The van der Waals surface area contributed by atoms with E-state index in [1.165, 1.54) is 50.7 Å². The Morgan fingerprint density at radius 2 is 1.84 bits per heavy atom. The number of halogens is 3. The Labute approximate surface area is 131 Å². The Morgan fingerprint density at radius 3 is 2.47 bits per heavy atom. The van der Waals surface area contributed by atoms with E-state index in [1.54, 1.807) is 6.07 Å². The Kier molecular flexibility index (Phi) is 5.70. The molecule has 2 rings (SSSR count). The molecule has 0 amide bonds. The first-order valence-electron chi connectivity index (χ1n) is 6.79. The summed E-state index contributed by atoms with van der Waals surface area (Å²) in [6.07, 6.45) is 7.53. The van der Waals surface area contributed by atoms with Gasteiger partial charge in [0.15, 0.2) is 0 Å². The Balaban J connectivity index is 2.04. The maximum absolute atomic E-state index is 13.2. The van der Waals surface area contributed by atoms with Crippen molar-refractivity contribution in [3.63, 3.8) is 0 Å². The molecular formula is C15H19Br2FO. The number of alkyl halides is 1. The highest BCUT2D eigenvalue weighted by molar-refractivity contribution is 9.10. The van der Waals surface area contributed by atoms with Crippen molar-refractivity contribution >= 4 is 31.9 Å². The molecule has 0 unspecified atom stereocenters. The van der Waals surface area contributed by atoms with Gasteiger partial charge in [-0.1, -0.05) is 41.6 Å². The first-order valence-corrected chi connectivity index (χ1v) is 8.70. The van der Waals surface area contributed by atoms with E-state index in [9.17, 15) is 4.39 Å². The Bertz CT molecular complexity index is 415. The van der Waals surface area contributed by atoms with E-state index in [0.717, 1.165) is 9.80 Å². The average molecular weight is 394 g/mol. The van der Waals surface area contributed by atoms with Gasteiger partial charge < -0.3 is 4.74 Å². The average Bonchev–Trinajstić information content (AvgIpc) is 2.66. The smallest absolute Gasteiger partial charge is 0.136 e. The van der Waals surface area contributed by atoms with Crippen LogP contribution in [0, 0.1) is 11.2 Å². The Hall–Kier alpha value is -0.0900. The predicted molar refractivity (Wildman–Crippen MR) is 83.5 cm³/mol. The minimum Gasteiger partial charge on any atom is -0.492 e. The van der Waals surface area contributed by atoms with Crippen LogP contribution in [-0.2, 0) is 0 Å². The van der Waals surface area contributed by atoms with Gasteiger partial charge in [0.2, 0.25) is 0 Å². The van der Waals surface area contributed by atoms with Crippen molar-refractivity contribution in [1.29, 1.82) is 0 Å². The standard InChI is InChI=1S/C15H19Br2FO/c16-10-15(7-3-1-2-4-8-15)11-19-14-9-12(18)5-6-13(14)17/h5-6,9H,1-4,7-8,10-11H2. The molecule has 1 aromatic carbocycles. The van der Waals surface area contributed by atoms with Gasteiger partial charge in [-0.3, -0.25) is 0 Å². The molecule has 0 heterocycles. The summed E-state index contributed by atoms with van der Waals surface area (Å²) in [5.74, 6) is 0.344. The maximum atomic E-state index is 13.2. The molecule has 19 heavy (non-hydrogen) atoms. The van der Waals surface area contributed by atoms with Crippen LogP contribution in [0.3, 0.4) is 0 Å². The zero-order chi connectivity index (χ0) is 13.7. The molecule has 0 saturated heterocycles. The number of hydrogen-bond donors (Lipinski definition) is 0. The second kappa shape index (κ2) is 7.07. The van der Waals surface area contributed by atoms with Gasteiger partial charge in [0.25, 0.3) is 0 Å². The maximum Gasteiger partial charge on any atom is 0.136 e. The van der Waals surface area contributed by atoms with Crippen LogP contribution < -0.4 is 4.74 Å². The van der Waals surface area contributed by atoms with E-state index in [4.69, 9.17) is 4.74 Å². The first kappa shape index (κ1) is 15.3. The van der Waals surface area contributed by atoms with Gasteiger partial charge in [-0.25, -0.2) is 4.39 Å². The summed E-state index contributed by atoms with van der Waals surface area (Å²) in [6, 6.07) is 4.57. The molecule has 1 fully saturated rings. The molecule has 0 N–H and O–H groups in total. The molecule has 0 bridgehead atoms. The molecule has 106 valence electrons. The minimum atomic E-state index is -0.257. The largest absolute Gasteiger partial charge is 0.492 e. The summed E-state index contributed by atoms with van der Waals surface area (Å²) in [6.45, 7) is 0.653. The summed E-state index contributed by atoms with van der Waals surface area (Å²) in [7, 11) is 0. The van der Waals surface area contributed by atoms with Crippen molar-refractivity contribution < 1.29 is 9.13 Å². The van der Waals surface area contributed by atoms with Crippen molar-refractivity contribution in [2.75, 3.05) is 11.9 Å². The fourth-order valence-electron chi connectivity index (χ4n) is 2.61. The number of hydrogen-bond acceptors (Lipinski definition) is 1. The molecule has 1 saturated carbocycles. The second-order valence-electron chi connectivity index (χ2n) is 5.41. The van der Waals surface area contributed by atoms with Crippen LogP contribution in [0.25, 0.3) is 0 Å². The monoisotopic (exact) mass is 392 g/mol. The summed E-state index contributed by atoms with van der Waals surface area (Å²) in [4.78, 5) is 0. The van der Waals surface area contributed by atoms with Crippen LogP contribution in [0.1, 0.15) is 38.5 Å². The zero-order valence-corrected chi connectivity index (χ0v) is 14.1. The van der Waals surface area contributed by atoms with Gasteiger partial charge in [-0.05, 0) is 40.9 Å². The molecule has 0 atom stereocenters. The zero-order valence-electron chi connectivity index (χ0n) is 10.9. The van der Waals surface area contributed by atoms with E-state index >= 15 is 0 Å². The summed E-state index contributed by atoms with van der Waals surface area (Å²) < 4.78 is 19.9. The van der Waals surface area contributed by atoms with Gasteiger partial charge in [-0.2, -0.15) is 0 Å². The van der Waals surface area contributed by atoms with Gasteiger partial charge in [0.1, 0.15) is 11.6 Å². The van der Waals surface area contributed by atoms with Crippen LogP contribution in [-0.4, -0.2) is 11.9 Å². The lowest BCUT2D eigenvalue weighted by Gasteiger charge is -2.30. The Morgan fingerprint density at radius 1 is 1.16 bits per heavy atom. The van der Waals surface area contributed by atoms with Gasteiger partial charge in [0.05, 0.1) is 11.1 Å².